The minimum atomic E-state index is -0.175. The van der Waals surface area contributed by atoms with Crippen LogP contribution in [0, 0.1) is 6.92 Å². The molecule has 0 spiro atoms. The SMILES string of the molecule is Cc1ncc(C(C)(C)N2C=CN(c3occ[n+]3C)[C@H]2C)n1C. The van der Waals surface area contributed by atoms with Crippen molar-refractivity contribution in [3.63, 3.8) is 0 Å². The Morgan fingerprint density at radius 3 is 2.59 bits per heavy atom. The topological polar surface area (TPSA) is 41.3 Å². The number of hydrogen-bond donors (Lipinski definition) is 0. The molecule has 0 aliphatic carbocycles. The van der Waals surface area contributed by atoms with E-state index >= 15 is 0 Å². The monoisotopic (exact) mass is 302 g/mol. The first-order valence-electron chi connectivity index (χ1n) is 7.51. The quantitative estimate of drug-likeness (QED) is 0.814. The van der Waals surface area contributed by atoms with Crippen molar-refractivity contribution in [2.24, 2.45) is 14.1 Å². The Labute approximate surface area is 131 Å². The van der Waals surface area contributed by atoms with Crippen LogP contribution >= 0.6 is 0 Å². The molecule has 3 rings (SSSR count). The number of hydrogen-bond acceptors (Lipinski definition) is 4. The van der Waals surface area contributed by atoms with Crippen LogP contribution in [0.15, 0.2) is 35.5 Å². The van der Waals surface area contributed by atoms with Crippen molar-refractivity contribution >= 4 is 6.01 Å². The van der Waals surface area contributed by atoms with Gasteiger partial charge in [0, 0.05) is 13.2 Å². The lowest BCUT2D eigenvalue weighted by molar-refractivity contribution is -0.660. The van der Waals surface area contributed by atoms with Crippen LogP contribution in [0.5, 0.6) is 0 Å². The van der Waals surface area contributed by atoms with Gasteiger partial charge in [-0.1, -0.05) is 0 Å². The Balaban J connectivity index is 1.92. The van der Waals surface area contributed by atoms with Gasteiger partial charge in [0.2, 0.25) is 0 Å². The van der Waals surface area contributed by atoms with Gasteiger partial charge in [-0.25, -0.2) is 9.55 Å². The summed E-state index contributed by atoms with van der Waals surface area (Å²) in [6.07, 6.45) is 9.92. The van der Waals surface area contributed by atoms with Gasteiger partial charge in [-0.3, -0.25) is 0 Å². The van der Waals surface area contributed by atoms with E-state index in [0.717, 1.165) is 11.8 Å². The molecule has 1 atom stereocenters. The van der Waals surface area contributed by atoms with Gasteiger partial charge in [0.05, 0.1) is 24.5 Å². The van der Waals surface area contributed by atoms with Crippen molar-refractivity contribution < 1.29 is 8.98 Å². The first-order valence-corrected chi connectivity index (χ1v) is 7.51. The van der Waals surface area contributed by atoms with Crippen LogP contribution in [-0.2, 0) is 19.6 Å². The lowest BCUT2D eigenvalue weighted by Gasteiger charge is -2.38. The number of aryl methyl sites for hydroxylation is 2. The Kier molecular flexibility index (Phi) is 3.27. The largest absolute Gasteiger partial charge is 0.462 e. The molecule has 118 valence electrons. The van der Waals surface area contributed by atoms with Crippen LogP contribution in [0.3, 0.4) is 0 Å². The molecule has 0 amide bonds. The number of imidazole rings is 1. The summed E-state index contributed by atoms with van der Waals surface area (Å²) in [4.78, 5) is 8.89. The molecule has 0 fully saturated rings. The molecular formula is C16H24N5O+. The molecule has 0 bridgehead atoms. The molecule has 1 aliphatic rings. The van der Waals surface area contributed by atoms with Crippen LogP contribution in [0.2, 0.25) is 0 Å². The summed E-state index contributed by atoms with van der Waals surface area (Å²) >= 11 is 0. The Morgan fingerprint density at radius 2 is 2.05 bits per heavy atom. The van der Waals surface area contributed by atoms with Crippen molar-refractivity contribution in [3.8, 4) is 0 Å². The molecule has 0 unspecified atom stereocenters. The van der Waals surface area contributed by atoms with Crippen LogP contribution in [0.25, 0.3) is 0 Å². The third-order valence-electron chi connectivity index (χ3n) is 4.67. The van der Waals surface area contributed by atoms with E-state index in [-0.39, 0.29) is 11.7 Å². The molecule has 22 heavy (non-hydrogen) atoms. The van der Waals surface area contributed by atoms with E-state index in [0.29, 0.717) is 0 Å². The first kappa shape index (κ1) is 14.7. The zero-order valence-electron chi connectivity index (χ0n) is 14.1. The summed E-state index contributed by atoms with van der Waals surface area (Å²) in [5, 5.41) is 0. The summed E-state index contributed by atoms with van der Waals surface area (Å²) in [6, 6.07) is 0.822. The van der Waals surface area contributed by atoms with Gasteiger partial charge in [0.1, 0.15) is 24.5 Å². The molecule has 0 N–H and O–H groups in total. The molecule has 0 aromatic carbocycles. The lowest BCUT2D eigenvalue weighted by atomic mass is 9.98. The second-order valence-corrected chi connectivity index (χ2v) is 6.35. The number of nitrogens with zero attached hydrogens (tertiary/aromatic N) is 5. The summed E-state index contributed by atoms with van der Waals surface area (Å²) < 4.78 is 9.73. The fraction of sp³-hybridized carbons (Fsp3) is 0.500. The molecule has 1 aliphatic heterocycles. The van der Waals surface area contributed by atoms with Gasteiger partial charge >= 0.3 is 6.01 Å². The molecule has 0 radical (unpaired) electrons. The van der Waals surface area contributed by atoms with E-state index in [9.17, 15) is 0 Å². The zero-order valence-corrected chi connectivity index (χ0v) is 14.1. The van der Waals surface area contributed by atoms with Gasteiger partial charge in [0.25, 0.3) is 0 Å². The van der Waals surface area contributed by atoms with Crippen molar-refractivity contribution in [2.75, 3.05) is 4.90 Å². The number of rotatable bonds is 3. The Hall–Kier alpha value is -2.24. The minimum absolute atomic E-state index is 0.155. The number of aromatic nitrogens is 3. The van der Waals surface area contributed by atoms with Crippen LogP contribution in [-0.4, -0.2) is 20.6 Å². The lowest BCUT2D eigenvalue weighted by Crippen LogP contribution is -2.49. The Bertz CT molecular complexity index is 712. The minimum Gasteiger partial charge on any atom is -0.396 e. The molecule has 2 aromatic heterocycles. The number of anilines is 1. The molecule has 6 nitrogen and oxygen atoms in total. The van der Waals surface area contributed by atoms with Gasteiger partial charge in [-0.15, -0.1) is 0 Å². The highest BCUT2D eigenvalue weighted by Crippen LogP contribution is 2.35. The fourth-order valence-corrected chi connectivity index (χ4v) is 3.18. The van der Waals surface area contributed by atoms with Crippen molar-refractivity contribution in [2.45, 2.75) is 39.4 Å². The third kappa shape index (κ3) is 2.01. The van der Waals surface area contributed by atoms with E-state index in [4.69, 9.17) is 4.42 Å². The van der Waals surface area contributed by atoms with Crippen LogP contribution < -0.4 is 9.47 Å². The normalized spacial score (nSPS) is 18.5. The summed E-state index contributed by atoms with van der Waals surface area (Å²) in [5.74, 6) is 1.02. The number of oxazole rings is 1. The predicted octanol–water partition coefficient (Wildman–Crippen LogP) is 2.02. The highest BCUT2D eigenvalue weighted by atomic mass is 16.4. The molecule has 6 heteroatoms. The van der Waals surface area contributed by atoms with Crippen molar-refractivity contribution in [1.82, 2.24) is 14.5 Å². The molecule has 3 heterocycles. The molecule has 0 saturated heterocycles. The zero-order chi connectivity index (χ0) is 16.1. The molecule has 0 saturated carbocycles. The summed E-state index contributed by atoms with van der Waals surface area (Å²) in [5.41, 5.74) is 1.01. The maximum absolute atomic E-state index is 5.61. The maximum Gasteiger partial charge on any atom is 0.462 e. The highest BCUT2D eigenvalue weighted by molar-refractivity contribution is 5.33. The third-order valence-corrected chi connectivity index (χ3v) is 4.67. The van der Waals surface area contributed by atoms with Gasteiger partial charge in [0.15, 0.2) is 6.17 Å². The smallest absolute Gasteiger partial charge is 0.396 e. The summed E-state index contributed by atoms with van der Waals surface area (Å²) in [6.45, 7) is 8.64. The van der Waals surface area contributed by atoms with E-state index < -0.39 is 0 Å². The molecule has 2 aromatic rings. The maximum atomic E-state index is 5.61. The predicted molar refractivity (Wildman–Crippen MR) is 83.8 cm³/mol. The van der Waals surface area contributed by atoms with Crippen molar-refractivity contribution in [1.29, 1.82) is 0 Å². The highest BCUT2D eigenvalue weighted by Gasteiger charge is 2.42. The summed E-state index contributed by atoms with van der Waals surface area (Å²) in [7, 11) is 4.05. The fourth-order valence-electron chi connectivity index (χ4n) is 3.18. The second-order valence-electron chi connectivity index (χ2n) is 6.35. The van der Waals surface area contributed by atoms with E-state index in [1.165, 1.54) is 5.69 Å². The van der Waals surface area contributed by atoms with Crippen LogP contribution in [0.1, 0.15) is 32.3 Å². The van der Waals surface area contributed by atoms with Gasteiger partial charge in [-0.2, -0.15) is 4.90 Å². The Morgan fingerprint density at radius 1 is 1.32 bits per heavy atom. The van der Waals surface area contributed by atoms with Gasteiger partial charge in [-0.05, 0) is 27.7 Å². The standard InChI is InChI=1S/C16H24N5O/c1-12-17-11-14(19(12)6)16(3,4)21-8-7-20(13(21)2)15-18(5)9-10-22-15/h7-11,13H,1-6H3/q+1/t13-/m1/s1. The van der Waals surface area contributed by atoms with E-state index in [1.54, 1.807) is 6.26 Å². The average Bonchev–Trinajstić information content (AvgIpc) is 3.12. The average molecular weight is 302 g/mol. The van der Waals surface area contributed by atoms with Gasteiger partial charge < -0.3 is 13.9 Å². The van der Waals surface area contributed by atoms with Crippen molar-refractivity contribution in [3.05, 3.63) is 42.6 Å². The van der Waals surface area contributed by atoms with E-state index in [2.05, 4.69) is 59.6 Å². The second kappa shape index (κ2) is 4.90. The van der Waals surface area contributed by atoms with E-state index in [1.807, 2.05) is 30.9 Å². The first-order chi connectivity index (χ1) is 10.3. The van der Waals surface area contributed by atoms with Crippen LogP contribution in [0.4, 0.5) is 6.01 Å². The molecular weight excluding hydrogens is 278 g/mol.